The summed E-state index contributed by atoms with van der Waals surface area (Å²) in [5.74, 6) is 0.283. The number of amides is 2. The summed E-state index contributed by atoms with van der Waals surface area (Å²) in [7, 11) is 1.57. The van der Waals surface area contributed by atoms with Crippen LogP contribution in [0.4, 0.5) is 11.4 Å². The van der Waals surface area contributed by atoms with Crippen LogP contribution < -0.4 is 10.1 Å². The zero-order valence-corrected chi connectivity index (χ0v) is 17.9. The summed E-state index contributed by atoms with van der Waals surface area (Å²) in [6, 6.07) is 15.0. The molecule has 156 valence electrons. The monoisotopic (exact) mass is 423 g/mol. The molecule has 0 unspecified atom stereocenters. The average Bonchev–Trinajstić information content (AvgIpc) is 3.03. The van der Waals surface area contributed by atoms with Crippen molar-refractivity contribution in [2.45, 2.75) is 25.0 Å². The Morgan fingerprint density at radius 3 is 2.73 bits per heavy atom. The number of carbonyl (C=O) groups excluding carboxylic acids is 2. The van der Waals surface area contributed by atoms with Gasteiger partial charge in [0.25, 0.3) is 0 Å². The van der Waals surface area contributed by atoms with E-state index in [0.717, 1.165) is 12.1 Å². The predicted octanol–water partition coefficient (Wildman–Crippen LogP) is 4.40. The number of ether oxygens (including phenoxy) is 1. The molecular formula is C23H25N3O3S. The van der Waals surface area contributed by atoms with E-state index in [2.05, 4.69) is 23.8 Å². The van der Waals surface area contributed by atoms with Crippen molar-refractivity contribution >= 4 is 40.1 Å². The molecule has 1 heterocycles. The van der Waals surface area contributed by atoms with E-state index in [9.17, 15) is 9.59 Å². The molecule has 1 saturated heterocycles. The molecule has 0 aliphatic carbocycles. The molecule has 0 radical (unpaired) electrons. The third kappa shape index (κ3) is 5.30. The Morgan fingerprint density at radius 2 is 2.07 bits per heavy atom. The van der Waals surface area contributed by atoms with Crippen molar-refractivity contribution in [2.24, 2.45) is 4.99 Å². The first-order valence-electron chi connectivity index (χ1n) is 9.74. The van der Waals surface area contributed by atoms with Gasteiger partial charge in [-0.3, -0.25) is 14.5 Å². The first-order chi connectivity index (χ1) is 14.5. The van der Waals surface area contributed by atoms with E-state index >= 15 is 0 Å². The van der Waals surface area contributed by atoms with Gasteiger partial charge in [0.15, 0.2) is 5.17 Å². The fourth-order valence-electron chi connectivity index (χ4n) is 3.02. The van der Waals surface area contributed by atoms with Gasteiger partial charge < -0.3 is 10.1 Å². The maximum absolute atomic E-state index is 12.9. The number of nitrogens with zero attached hydrogens (tertiary/aromatic N) is 2. The number of nitrogens with one attached hydrogen (secondary N) is 1. The lowest BCUT2D eigenvalue weighted by Crippen LogP contribution is -2.33. The molecule has 1 fully saturated rings. The van der Waals surface area contributed by atoms with Gasteiger partial charge in [-0.05, 0) is 36.2 Å². The standard InChI is InChI=1S/C23H25N3O3S/c1-4-13-26-22(28)20(15-21(27)24-18-7-6-8-19(14-18)29-3)30-23(26)25-17-11-9-16(5-2)10-12-17/h4,6-12,14,20H,1,5,13,15H2,2-3H3,(H,24,27)/t20-/m1/s1. The number of hydrogen-bond donors (Lipinski definition) is 1. The molecule has 2 amide bonds. The van der Waals surface area contributed by atoms with Gasteiger partial charge in [0.1, 0.15) is 11.0 Å². The zero-order valence-electron chi connectivity index (χ0n) is 17.1. The Labute approximate surface area is 181 Å². The van der Waals surface area contributed by atoms with Crippen LogP contribution in [0.3, 0.4) is 0 Å². The van der Waals surface area contributed by atoms with Crippen molar-refractivity contribution in [1.82, 2.24) is 4.90 Å². The van der Waals surface area contributed by atoms with Crippen molar-refractivity contribution in [3.63, 3.8) is 0 Å². The normalized spacial score (nSPS) is 17.3. The summed E-state index contributed by atoms with van der Waals surface area (Å²) in [5, 5.41) is 2.89. The lowest BCUT2D eigenvalue weighted by molar-refractivity contribution is -0.127. The molecule has 3 rings (SSSR count). The highest BCUT2D eigenvalue weighted by Gasteiger charge is 2.38. The minimum atomic E-state index is -0.524. The fourth-order valence-corrected chi connectivity index (χ4v) is 4.19. The first-order valence-corrected chi connectivity index (χ1v) is 10.6. The SMILES string of the molecule is C=CCN1C(=O)[C@@H](CC(=O)Nc2cccc(OC)c2)SC1=Nc1ccc(CC)cc1. The average molecular weight is 424 g/mol. The van der Waals surface area contributed by atoms with Crippen LogP contribution in [-0.2, 0) is 16.0 Å². The molecule has 1 atom stereocenters. The third-order valence-corrected chi connectivity index (χ3v) is 5.80. The maximum Gasteiger partial charge on any atom is 0.242 e. The Balaban J connectivity index is 1.72. The van der Waals surface area contributed by atoms with Crippen molar-refractivity contribution in [1.29, 1.82) is 0 Å². The second kappa shape index (κ2) is 10.1. The van der Waals surface area contributed by atoms with Gasteiger partial charge in [-0.25, -0.2) is 4.99 Å². The molecule has 0 aromatic heterocycles. The minimum Gasteiger partial charge on any atom is -0.497 e. The van der Waals surface area contributed by atoms with E-state index in [4.69, 9.17) is 4.74 Å². The van der Waals surface area contributed by atoms with E-state index in [0.29, 0.717) is 23.1 Å². The molecule has 1 aliphatic rings. The lowest BCUT2D eigenvalue weighted by Gasteiger charge is -2.14. The van der Waals surface area contributed by atoms with Crippen LogP contribution in [0.15, 0.2) is 66.2 Å². The molecule has 1 N–H and O–H groups in total. The second-order valence-corrected chi connectivity index (χ2v) is 7.91. The molecule has 0 saturated carbocycles. The van der Waals surface area contributed by atoms with Gasteiger partial charge in [0, 0.05) is 24.7 Å². The summed E-state index contributed by atoms with van der Waals surface area (Å²) in [5.41, 5.74) is 2.63. The summed E-state index contributed by atoms with van der Waals surface area (Å²) in [6.07, 6.45) is 2.67. The number of carbonyl (C=O) groups is 2. The van der Waals surface area contributed by atoms with E-state index < -0.39 is 5.25 Å². The Bertz CT molecular complexity index is 956. The number of anilines is 1. The third-order valence-electron chi connectivity index (χ3n) is 4.63. The van der Waals surface area contributed by atoms with E-state index in [1.54, 1.807) is 42.4 Å². The van der Waals surface area contributed by atoms with Gasteiger partial charge in [0.2, 0.25) is 11.8 Å². The summed E-state index contributed by atoms with van der Waals surface area (Å²) in [4.78, 5) is 31.6. The van der Waals surface area contributed by atoms with Crippen LogP contribution in [0.1, 0.15) is 18.9 Å². The number of amidine groups is 1. The van der Waals surface area contributed by atoms with E-state index in [1.165, 1.54) is 17.3 Å². The number of aryl methyl sites for hydroxylation is 1. The van der Waals surface area contributed by atoms with Crippen LogP contribution >= 0.6 is 11.8 Å². The Kier molecular flexibility index (Phi) is 7.30. The predicted molar refractivity (Wildman–Crippen MR) is 122 cm³/mol. The van der Waals surface area contributed by atoms with Crippen molar-refractivity contribution in [3.8, 4) is 5.75 Å². The Morgan fingerprint density at radius 1 is 1.30 bits per heavy atom. The molecule has 0 spiro atoms. The van der Waals surface area contributed by atoms with Crippen LogP contribution in [0.25, 0.3) is 0 Å². The molecular weight excluding hydrogens is 398 g/mol. The molecule has 6 nitrogen and oxygen atoms in total. The topological polar surface area (TPSA) is 71.0 Å². The minimum absolute atomic E-state index is 0.0577. The smallest absolute Gasteiger partial charge is 0.242 e. The molecule has 0 bridgehead atoms. The van der Waals surface area contributed by atoms with Crippen LogP contribution in [0.5, 0.6) is 5.75 Å². The van der Waals surface area contributed by atoms with Gasteiger partial charge in [-0.15, -0.1) is 6.58 Å². The highest BCUT2D eigenvalue weighted by atomic mass is 32.2. The van der Waals surface area contributed by atoms with Crippen LogP contribution in [-0.4, -0.2) is 40.8 Å². The first kappa shape index (κ1) is 21.6. The second-order valence-electron chi connectivity index (χ2n) is 6.74. The van der Waals surface area contributed by atoms with E-state index in [1.807, 2.05) is 24.3 Å². The number of rotatable bonds is 8. The highest BCUT2D eigenvalue weighted by molar-refractivity contribution is 8.15. The number of hydrogen-bond acceptors (Lipinski definition) is 5. The quantitative estimate of drug-likeness (QED) is 0.639. The van der Waals surface area contributed by atoms with Gasteiger partial charge in [-0.2, -0.15) is 0 Å². The van der Waals surface area contributed by atoms with Crippen LogP contribution in [0.2, 0.25) is 0 Å². The zero-order chi connectivity index (χ0) is 21.5. The number of thioether (sulfide) groups is 1. The summed E-state index contributed by atoms with van der Waals surface area (Å²) < 4.78 is 5.17. The lowest BCUT2D eigenvalue weighted by atomic mass is 10.2. The molecule has 30 heavy (non-hydrogen) atoms. The molecule has 2 aromatic rings. The maximum atomic E-state index is 12.9. The van der Waals surface area contributed by atoms with Crippen molar-refractivity contribution in [2.75, 3.05) is 19.0 Å². The number of benzene rings is 2. The highest BCUT2D eigenvalue weighted by Crippen LogP contribution is 2.32. The number of aliphatic imine (C=N–C) groups is 1. The molecule has 1 aliphatic heterocycles. The number of methoxy groups -OCH3 is 1. The Hall–Kier alpha value is -3.06. The summed E-state index contributed by atoms with van der Waals surface area (Å²) in [6.45, 7) is 6.18. The largest absolute Gasteiger partial charge is 0.497 e. The molecule has 7 heteroatoms. The van der Waals surface area contributed by atoms with Crippen molar-refractivity contribution in [3.05, 3.63) is 66.7 Å². The van der Waals surface area contributed by atoms with Gasteiger partial charge >= 0.3 is 0 Å². The van der Waals surface area contributed by atoms with Gasteiger partial charge in [0.05, 0.1) is 12.8 Å². The fraction of sp³-hybridized carbons (Fsp3) is 0.261. The van der Waals surface area contributed by atoms with E-state index in [-0.39, 0.29) is 18.2 Å². The van der Waals surface area contributed by atoms with Crippen LogP contribution in [0, 0.1) is 0 Å². The molecule has 2 aromatic carbocycles. The summed E-state index contributed by atoms with van der Waals surface area (Å²) >= 11 is 1.31. The van der Waals surface area contributed by atoms with Crippen molar-refractivity contribution < 1.29 is 14.3 Å². The van der Waals surface area contributed by atoms with Gasteiger partial charge in [-0.1, -0.05) is 43.0 Å².